The van der Waals surface area contributed by atoms with Crippen LogP contribution in [0, 0.1) is 29.6 Å². The van der Waals surface area contributed by atoms with Gasteiger partial charge < -0.3 is 20.6 Å². The molecule has 8 unspecified atom stereocenters. The molecule has 7 heteroatoms. The number of carboxylic acids is 1. The number of aliphatic hydroxyl groups excluding tert-OH is 2. The fourth-order valence-electron chi connectivity index (χ4n) is 6.06. The summed E-state index contributed by atoms with van der Waals surface area (Å²) >= 11 is 6.76. The molecule has 0 bridgehead atoms. The third-order valence-electron chi connectivity index (χ3n) is 7.94. The summed E-state index contributed by atoms with van der Waals surface area (Å²) in [4.78, 5) is 10.8. The number of hydrogen-bond donors (Lipinski definition) is 4. The van der Waals surface area contributed by atoms with E-state index in [1.54, 1.807) is 6.08 Å². The largest absolute Gasteiger partial charge is 0.481 e. The predicted molar refractivity (Wildman–Crippen MR) is 118 cm³/mol. The van der Waals surface area contributed by atoms with E-state index >= 15 is 0 Å². The predicted octanol–water partition coefficient (Wildman–Crippen LogP) is 3.66. The molecule has 0 spiro atoms. The van der Waals surface area contributed by atoms with E-state index in [0.717, 1.165) is 18.8 Å². The van der Waals surface area contributed by atoms with E-state index in [-0.39, 0.29) is 36.0 Å². The van der Waals surface area contributed by atoms with Gasteiger partial charge in [-0.2, -0.15) is 0 Å². The molecule has 3 saturated carbocycles. The zero-order chi connectivity index (χ0) is 22.1. The number of piperidine rings is 1. The molecule has 0 amide bonds. The summed E-state index contributed by atoms with van der Waals surface area (Å²) in [6, 6.07) is 0.798. The molecule has 4 N–H and O–H groups in total. The van der Waals surface area contributed by atoms with Crippen molar-refractivity contribution in [2.24, 2.45) is 29.6 Å². The van der Waals surface area contributed by atoms with Crippen molar-refractivity contribution < 1.29 is 24.5 Å². The molecule has 0 aromatic carbocycles. The summed E-state index contributed by atoms with van der Waals surface area (Å²) in [7, 11) is 0. The van der Waals surface area contributed by atoms with Crippen LogP contribution in [0.5, 0.6) is 0 Å². The van der Waals surface area contributed by atoms with Crippen LogP contribution in [0.2, 0.25) is 0 Å². The van der Waals surface area contributed by atoms with Gasteiger partial charge in [0.05, 0.1) is 18.6 Å². The number of carbonyl (C=O) groups is 1. The Labute approximate surface area is 189 Å². The highest BCUT2D eigenvalue weighted by molar-refractivity contribution is 6.20. The Balaban J connectivity index is 1.51. The molecule has 4 rings (SSSR count). The van der Waals surface area contributed by atoms with Crippen LogP contribution in [-0.2, 0) is 4.79 Å². The smallest absolute Gasteiger partial charge is 0.305 e. The maximum atomic E-state index is 14.4. The Morgan fingerprint density at radius 3 is 2.42 bits per heavy atom. The molecule has 1 aliphatic heterocycles. The first-order valence-corrected chi connectivity index (χ1v) is 12.6. The molecule has 4 fully saturated rings. The lowest BCUT2D eigenvalue weighted by Crippen LogP contribution is -2.56. The summed E-state index contributed by atoms with van der Waals surface area (Å²) in [6.45, 7) is 0. The molecule has 1 heterocycles. The highest BCUT2D eigenvalue weighted by Crippen LogP contribution is 2.50. The molecule has 0 aromatic rings. The Kier molecular flexibility index (Phi) is 7.62. The van der Waals surface area contributed by atoms with Crippen molar-refractivity contribution in [3.63, 3.8) is 0 Å². The van der Waals surface area contributed by atoms with Crippen LogP contribution in [0.3, 0.4) is 0 Å². The average Bonchev–Trinajstić information content (AvgIpc) is 3.60. The van der Waals surface area contributed by atoms with Gasteiger partial charge in [-0.15, -0.1) is 11.6 Å². The second-order valence-corrected chi connectivity index (χ2v) is 11.0. The van der Waals surface area contributed by atoms with Gasteiger partial charge in [0.15, 0.2) is 0 Å². The number of halogens is 2. The maximum absolute atomic E-state index is 14.4. The van der Waals surface area contributed by atoms with Crippen LogP contribution in [-0.4, -0.2) is 57.1 Å². The Morgan fingerprint density at radius 1 is 1.06 bits per heavy atom. The molecule has 5 nitrogen and oxygen atoms in total. The van der Waals surface area contributed by atoms with Gasteiger partial charge >= 0.3 is 5.97 Å². The third-order valence-corrected chi connectivity index (χ3v) is 8.48. The number of nitrogens with one attached hydrogen (secondary N) is 1. The van der Waals surface area contributed by atoms with Gasteiger partial charge in [0, 0.05) is 23.9 Å². The monoisotopic (exact) mass is 457 g/mol. The lowest BCUT2D eigenvalue weighted by atomic mass is 9.65. The Bertz CT molecular complexity index is 655. The summed E-state index contributed by atoms with van der Waals surface area (Å²) in [5.41, 5.74) is 0. The van der Waals surface area contributed by atoms with Gasteiger partial charge in [-0.3, -0.25) is 4.79 Å². The summed E-state index contributed by atoms with van der Waals surface area (Å²) in [6.07, 6.45) is 8.38. The van der Waals surface area contributed by atoms with Gasteiger partial charge in [0.1, 0.15) is 6.17 Å². The second-order valence-electron chi connectivity index (χ2n) is 10.5. The molecular formula is C24H37ClFNO4. The van der Waals surface area contributed by atoms with Gasteiger partial charge in [-0.1, -0.05) is 12.2 Å². The van der Waals surface area contributed by atoms with Gasteiger partial charge in [-0.25, -0.2) is 4.39 Å². The minimum absolute atomic E-state index is 0.000519. The summed E-state index contributed by atoms with van der Waals surface area (Å²) < 4.78 is 14.4. The molecule has 3 aliphatic carbocycles. The van der Waals surface area contributed by atoms with E-state index < -0.39 is 24.3 Å². The number of carboxylic acid groups (broad SMARTS) is 1. The zero-order valence-corrected chi connectivity index (χ0v) is 18.8. The second kappa shape index (κ2) is 10.1. The minimum Gasteiger partial charge on any atom is -0.481 e. The van der Waals surface area contributed by atoms with Crippen molar-refractivity contribution in [3.05, 3.63) is 12.2 Å². The SMILES string of the molecule is O=C(O)C[C@H](O)CC(O)/C=C/C1C(C2CC(F)CCC2Cl)CC(C2CC2)NC1C1CC1. The lowest BCUT2D eigenvalue weighted by molar-refractivity contribution is -0.139. The van der Waals surface area contributed by atoms with Crippen LogP contribution >= 0.6 is 11.6 Å². The van der Waals surface area contributed by atoms with E-state index in [1.165, 1.54) is 25.7 Å². The molecule has 31 heavy (non-hydrogen) atoms. The highest BCUT2D eigenvalue weighted by atomic mass is 35.5. The van der Waals surface area contributed by atoms with Gasteiger partial charge in [-0.05, 0) is 81.0 Å². The number of hydrogen-bond acceptors (Lipinski definition) is 4. The fourth-order valence-corrected chi connectivity index (χ4v) is 6.47. The fraction of sp³-hybridized carbons (Fsp3) is 0.875. The highest BCUT2D eigenvalue weighted by Gasteiger charge is 2.50. The van der Waals surface area contributed by atoms with Crippen LogP contribution < -0.4 is 5.32 Å². The van der Waals surface area contributed by atoms with Crippen molar-refractivity contribution in [1.82, 2.24) is 5.32 Å². The molecular weight excluding hydrogens is 421 g/mol. The topological polar surface area (TPSA) is 89.8 Å². The van der Waals surface area contributed by atoms with Crippen LogP contribution in [0.15, 0.2) is 12.2 Å². The molecule has 4 aliphatic rings. The van der Waals surface area contributed by atoms with Crippen molar-refractivity contribution in [2.75, 3.05) is 0 Å². The molecule has 9 atom stereocenters. The third kappa shape index (κ3) is 6.21. The van der Waals surface area contributed by atoms with Crippen molar-refractivity contribution in [2.45, 2.75) is 100 Å². The van der Waals surface area contributed by atoms with Gasteiger partial charge in [0.2, 0.25) is 0 Å². The van der Waals surface area contributed by atoms with Crippen LogP contribution in [0.4, 0.5) is 4.39 Å². The van der Waals surface area contributed by atoms with Crippen LogP contribution in [0.1, 0.15) is 64.2 Å². The molecule has 1 saturated heterocycles. The van der Waals surface area contributed by atoms with E-state index in [1.807, 2.05) is 0 Å². The molecule has 0 radical (unpaired) electrons. The Hall–Kier alpha value is -0.690. The minimum atomic E-state index is -1.08. The maximum Gasteiger partial charge on any atom is 0.305 e. The molecule has 0 aromatic heterocycles. The summed E-state index contributed by atoms with van der Waals surface area (Å²) in [5, 5.41) is 33.0. The average molecular weight is 458 g/mol. The van der Waals surface area contributed by atoms with E-state index in [0.29, 0.717) is 30.8 Å². The van der Waals surface area contributed by atoms with Crippen molar-refractivity contribution in [3.8, 4) is 0 Å². The van der Waals surface area contributed by atoms with E-state index in [9.17, 15) is 19.4 Å². The first-order chi connectivity index (χ1) is 14.8. The number of aliphatic hydroxyl groups is 2. The van der Waals surface area contributed by atoms with E-state index in [4.69, 9.17) is 16.7 Å². The van der Waals surface area contributed by atoms with Crippen molar-refractivity contribution >= 4 is 17.6 Å². The number of aliphatic carboxylic acids is 1. The quantitative estimate of drug-likeness (QED) is 0.313. The number of alkyl halides is 2. The normalized spacial score (nSPS) is 41.2. The Morgan fingerprint density at radius 2 is 1.77 bits per heavy atom. The van der Waals surface area contributed by atoms with Crippen LogP contribution in [0.25, 0.3) is 0 Å². The lowest BCUT2D eigenvalue weighted by Gasteiger charge is -2.48. The first-order valence-electron chi connectivity index (χ1n) is 12.1. The summed E-state index contributed by atoms with van der Waals surface area (Å²) in [5.74, 6) is 0.859. The zero-order valence-electron chi connectivity index (χ0n) is 18.1. The molecule has 176 valence electrons. The van der Waals surface area contributed by atoms with E-state index in [2.05, 4.69) is 11.4 Å². The first kappa shape index (κ1) is 23.5. The van der Waals surface area contributed by atoms with Gasteiger partial charge in [0.25, 0.3) is 0 Å². The van der Waals surface area contributed by atoms with Crippen molar-refractivity contribution in [1.29, 1.82) is 0 Å². The standard InChI is InChI=1S/C24H37ClFNO4/c25-21-8-5-15(26)9-20(21)19-12-22(13-1-2-13)27-24(14-3-4-14)18(19)7-6-16(28)10-17(29)11-23(30)31/h6-7,13-22,24,27-29H,1-5,8-12H2,(H,30,31)/b7-6+/t15?,16?,17-,18?,19?,20?,21?,22?,24?/m1/s1. The number of rotatable bonds is 9.